The highest BCUT2D eigenvalue weighted by molar-refractivity contribution is 7.15. The van der Waals surface area contributed by atoms with Gasteiger partial charge >= 0.3 is 0 Å². The van der Waals surface area contributed by atoms with Gasteiger partial charge in [-0.05, 0) is 32.3 Å². The van der Waals surface area contributed by atoms with Crippen LogP contribution in [0.1, 0.15) is 22.6 Å². The van der Waals surface area contributed by atoms with Crippen molar-refractivity contribution in [1.29, 1.82) is 0 Å². The maximum absolute atomic E-state index is 12.0. The number of nitrogens with zero attached hydrogens (tertiary/aromatic N) is 1. The van der Waals surface area contributed by atoms with Gasteiger partial charge in [-0.15, -0.1) is 11.3 Å². The molecule has 1 heterocycles. The number of thiazole rings is 1. The Morgan fingerprint density at radius 2 is 2.05 bits per heavy atom. The number of hydrogen-bond donors (Lipinski definition) is 2. The van der Waals surface area contributed by atoms with Gasteiger partial charge < -0.3 is 11.1 Å². The molecule has 0 unspecified atom stereocenters. The third kappa shape index (κ3) is 3.88. The van der Waals surface area contributed by atoms with Crippen molar-refractivity contribution in [3.63, 3.8) is 0 Å². The summed E-state index contributed by atoms with van der Waals surface area (Å²) in [7, 11) is 0. The first-order chi connectivity index (χ1) is 9.56. The average molecular weight is 289 g/mol. The van der Waals surface area contributed by atoms with Crippen LogP contribution in [0.2, 0.25) is 0 Å². The summed E-state index contributed by atoms with van der Waals surface area (Å²) in [6, 6.07) is 9.52. The van der Waals surface area contributed by atoms with Gasteiger partial charge in [0.05, 0.1) is 11.7 Å². The van der Waals surface area contributed by atoms with Crippen molar-refractivity contribution in [2.75, 3.05) is 5.32 Å². The number of nitrogens with one attached hydrogen (secondary N) is 1. The Morgan fingerprint density at radius 1 is 1.35 bits per heavy atom. The van der Waals surface area contributed by atoms with E-state index in [1.54, 1.807) is 0 Å². The molecule has 0 fully saturated rings. The van der Waals surface area contributed by atoms with E-state index < -0.39 is 6.04 Å². The molecule has 1 atom stereocenters. The number of amides is 1. The average Bonchev–Trinajstić information content (AvgIpc) is 2.75. The van der Waals surface area contributed by atoms with Crippen LogP contribution in [0.25, 0.3) is 0 Å². The molecule has 0 aliphatic heterocycles. The third-order valence-electron chi connectivity index (χ3n) is 3.18. The molecule has 1 aromatic heterocycles. The van der Waals surface area contributed by atoms with Gasteiger partial charge in [-0.25, -0.2) is 4.98 Å². The van der Waals surface area contributed by atoms with Crippen molar-refractivity contribution < 1.29 is 4.79 Å². The number of carbonyl (C=O) groups is 1. The zero-order chi connectivity index (χ0) is 14.5. The molecule has 1 aromatic carbocycles. The first-order valence-electron chi connectivity index (χ1n) is 6.60. The minimum atomic E-state index is -0.514. The zero-order valence-electron chi connectivity index (χ0n) is 11.7. The van der Waals surface area contributed by atoms with Gasteiger partial charge in [-0.2, -0.15) is 0 Å². The number of aryl methyl sites for hydroxylation is 3. The summed E-state index contributed by atoms with van der Waals surface area (Å²) in [5.74, 6) is -0.172. The van der Waals surface area contributed by atoms with E-state index in [2.05, 4.69) is 10.3 Å². The lowest BCUT2D eigenvalue weighted by atomic mass is 10.1. The molecular formula is C15H19N3OS. The molecule has 5 heteroatoms. The Kier molecular flexibility index (Phi) is 4.87. The fourth-order valence-corrected chi connectivity index (χ4v) is 2.64. The largest absolute Gasteiger partial charge is 0.320 e. The molecular weight excluding hydrogens is 270 g/mol. The number of carbonyl (C=O) groups excluding carboxylic acids is 1. The molecule has 2 aromatic rings. The van der Waals surface area contributed by atoms with Crippen molar-refractivity contribution in [1.82, 2.24) is 4.98 Å². The molecule has 1 amide bonds. The van der Waals surface area contributed by atoms with E-state index in [4.69, 9.17) is 5.73 Å². The Balaban J connectivity index is 1.86. The summed E-state index contributed by atoms with van der Waals surface area (Å²) in [5.41, 5.74) is 8.06. The van der Waals surface area contributed by atoms with Crippen LogP contribution >= 0.6 is 11.3 Å². The van der Waals surface area contributed by atoms with Crippen LogP contribution < -0.4 is 11.1 Å². The zero-order valence-corrected chi connectivity index (χ0v) is 12.5. The van der Waals surface area contributed by atoms with Crippen LogP contribution in [0.3, 0.4) is 0 Å². The van der Waals surface area contributed by atoms with Gasteiger partial charge in [0.15, 0.2) is 5.13 Å². The molecule has 0 aliphatic rings. The minimum absolute atomic E-state index is 0.172. The monoisotopic (exact) mass is 289 g/mol. The van der Waals surface area contributed by atoms with Crippen LogP contribution in [0.15, 0.2) is 30.3 Å². The molecule has 20 heavy (non-hydrogen) atoms. The summed E-state index contributed by atoms with van der Waals surface area (Å²) in [6.07, 6.45) is 1.42. The first kappa shape index (κ1) is 14.7. The number of benzene rings is 1. The Labute approximate surface area is 123 Å². The topological polar surface area (TPSA) is 68.0 Å². The number of rotatable bonds is 5. The van der Waals surface area contributed by atoms with Crippen LogP contribution in [0.4, 0.5) is 5.13 Å². The van der Waals surface area contributed by atoms with Crippen LogP contribution in [-0.4, -0.2) is 16.9 Å². The normalized spacial score (nSPS) is 12.2. The van der Waals surface area contributed by atoms with Gasteiger partial charge in [0.2, 0.25) is 5.91 Å². The van der Waals surface area contributed by atoms with Crippen LogP contribution in [0.5, 0.6) is 0 Å². The highest BCUT2D eigenvalue weighted by Gasteiger charge is 2.15. The van der Waals surface area contributed by atoms with Crippen LogP contribution in [0, 0.1) is 13.8 Å². The second-order valence-electron chi connectivity index (χ2n) is 4.78. The van der Waals surface area contributed by atoms with E-state index in [0.717, 1.165) is 17.0 Å². The smallest absolute Gasteiger partial charge is 0.243 e. The summed E-state index contributed by atoms with van der Waals surface area (Å²) >= 11 is 1.48. The number of aromatic nitrogens is 1. The summed E-state index contributed by atoms with van der Waals surface area (Å²) < 4.78 is 0. The van der Waals surface area contributed by atoms with Gasteiger partial charge in [0, 0.05) is 4.88 Å². The Bertz CT molecular complexity index is 561. The van der Waals surface area contributed by atoms with Crippen LogP contribution in [-0.2, 0) is 11.2 Å². The Morgan fingerprint density at radius 3 is 2.65 bits per heavy atom. The van der Waals surface area contributed by atoms with Gasteiger partial charge in [0.1, 0.15) is 0 Å². The molecule has 2 rings (SSSR count). The quantitative estimate of drug-likeness (QED) is 0.889. The third-order valence-corrected chi connectivity index (χ3v) is 4.17. The lowest BCUT2D eigenvalue weighted by Crippen LogP contribution is -2.36. The highest BCUT2D eigenvalue weighted by Crippen LogP contribution is 2.21. The van der Waals surface area contributed by atoms with E-state index in [9.17, 15) is 4.79 Å². The van der Waals surface area contributed by atoms with Crippen molar-refractivity contribution in [2.45, 2.75) is 32.7 Å². The molecule has 0 saturated carbocycles. The molecule has 3 N–H and O–H groups in total. The predicted molar refractivity (Wildman–Crippen MR) is 83.0 cm³/mol. The van der Waals surface area contributed by atoms with Gasteiger partial charge in [-0.3, -0.25) is 4.79 Å². The second-order valence-corrected chi connectivity index (χ2v) is 5.98. The van der Waals surface area contributed by atoms with Gasteiger partial charge in [0.25, 0.3) is 0 Å². The molecule has 4 nitrogen and oxygen atoms in total. The molecule has 0 bridgehead atoms. The summed E-state index contributed by atoms with van der Waals surface area (Å²) in [5, 5.41) is 3.41. The van der Waals surface area contributed by atoms with E-state index in [0.29, 0.717) is 11.6 Å². The standard InChI is InChI=1S/C15H19N3OS/c1-10-11(2)20-15(17-10)18-14(19)13(16)9-8-12-6-4-3-5-7-12/h3-7,13H,8-9,16H2,1-2H3,(H,17,18,19)/t13-/m0/s1. The van der Waals surface area contributed by atoms with E-state index in [-0.39, 0.29) is 5.91 Å². The first-order valence-corrected chi connectivity index (χ1v) is 7.42. The van der Waals surface area contributed by atoms with E-state index >= 15 is 0 Å². The molecule has 0 radical (unpaired) electrons. The highest BCUT2D eigenvalue weighted by atomic mass is 32.1. The van der Waals surface area contributed by atoms with E-state index in [1.807, 2.05) is 44.2 Å². The van der Waals surface area contributed by atoms with Crippen molar-refractivity contribution >= 4 is 22.4 Å². The fraction of sp³-hybridized carbons (Fsp3) is 0.333. The summed E-state index contributed by atoms with van der Waals surface area (Å²) in [6.45, 7) is 3.91. The lowest BCUT2D eigenvalue weighted by molar-refractivity contribution is -0.117. The maximum atomic E-state index is 12.0. The minimum Gasteiger partial charge on any atom is -0.320 e. The SMILES string of the molecule is Cc1nc(NC(=O)[C@@H](N)CCc2ccccc2)sc1C. The fourth-order valence-electron chi connectivity index (χ4n) is 1.82. The Hall–Kier alpha value is -1.72. The molecule has 0 saturated heterocycles. The molecule has 0 aliphatic carbocycles. The second kappa shape index (κ2) is 6.63. The van der Waals surface area contributed by atoms with Crippen molar-refractivity contribution in [3.05, 3.63) is 46.5 Å². The number of nitrogens with two attached hydrogens (primary N) is 1. The summed E-state index contributed by atoms with van der Waals surface area (Å²) in [4.78, 5) is 17.4. The number of anilines is 1. The van der Waals surface area contributed by atoms with E-state index in [1.165, 1.54) is 16.9 Å². The molecule has 106 valence electrons. The maximum Gasteiger partial charge on any atom is 0.243 e. The van der Waals surface area contributed by atoms with Gasteiger partial charge in [-0.1, -0.05) is 30.3 Å². The predicted octanol–water partition coefficient (Wildman–Crippen LogP) is 2.66. The molecule has 0 spiro atoms. The van der Waals surface area contributed by atoms with Crippen molar-refractivity contribution in [2.24, 2.45) is 5.73 Å². The lowest BCUT2D eigenvalue weighted by Gasteiger charge is -2.10. The number of hydrogen-bond acceptors (Lipinski definition) is 4. The van der Waals surface area contributed by atoms with Crippen molar-refractivity contribution in [3.8, 4) is 0 Å².